The zero-order chi connectivity index (χ0) is 12.4. The van der Waals surface area contributed by atoms with Gasteiger partial charge in [-0.3, -0.25) is 0 Å². The van der Waals surface area contributed by atoms with Gasteiger partial charge in [0.2, 0.25) is 5.88 Å². The lowest BCUT2D eigenvalue weighted by atomic mass is 10.3. The molecule has 2 aromatic heterocycles. The highest BCUT2D eigenvalue weighted by Gasteiger charge is 2.14. The van der Waals surface area contributed by atoms with Gasteiger partial charge in [-0.1, -0.05) is 0 Å². The van der Waals surface area contributed by atoms with Crippen molar-refractivity contribution in [2.45, 2.75) is 6.10 Å². The van der Waals surface area contributed by atoms with E-state index in [0.29, 0.717) is 24.7 Å². The van der Waals surface area contributed by atoms with Gasteiger partial charge in [0.1, 0.15) is 12.7 Å². The van der Waals surface area contributed by atoms with E-state index >= 15 is 0 Å². The van der Waals surface area contributed by atoms with Crippen LogP contribution in [-0.2, 0) is 4.74 Å². The maximum atomic E-state index is 11.3. The van der Waals surface area contributed by atoms with Crippen molar-refractivity contribution in [3.63, 3.8) is 0 Å². The van der Waals surface area contributed by atoms with Gasteiger partial charge in [-0.2, -0.15) is 9.61 Å². The van der Waals surface area contributed by atoms with Gasteiger partial charge >= 0.3 is 5.69 Å². The SMILES string of the molecule is O=c1[nH]nc2ccc(OCC3CNCCO3)nn12. The first kappa shape index (κ1) is 11.2. The quantitative estimate of drug-likeness (QED) is 0.710. The van der Waals surface area contributed by atoms with Gasteiger partial charge in [-0.05, 0) is 6.07 Å². The predicted molar refractivity (Wildman–Crippen MR) is 61.7 cm³/mol. The Labute approximate surface area is 102 Å². The van der Waals surface area contributed by atoms with E-state index in [9.17, 15) is 4.79 Å². The maximum Gasteiger partial charge on any atom is 0.364 e. The summed E-state index contributed by atoms with van der Waals surface area (Å²) in [6, 6.07) is 3.34. The van der Waals surface area contributed by atoms with E-state index in [4.69, 9.17) is 9.47 Å². The third-order valence-corrected chi connectivity index (χ3v) is 2.67. The molecule has 1 aliphatic rings. The van der Waals surface area contributed by atoms with Gasteiger partial charge in [0.25, 0.3) is 0 Å². The minimum atomic E-state index is -0.383. The molecule has 0 aromatic carbocycles. The van der Waals surface area contributed by atoms with E-state index in [-0.39, 0.29) is 11.8 Å². The Morgan fingerprint density at radius 3 is 3.33 bits per heavy atom. The molecule has 0 spiro atoms. The lowest BCUT2D eigenvalue weighted by molar-refractivity contribution is -0.000983. The highest BCUT2D eigenvalue weighted by atomic mass is 16.5. The Morgan fingerprint density at radius 2 is 2.50 bits per heavy atom. The summed E-state index contributed by atoms with van der Waals surface area (Å²) in [4.78, 5) is 11.3. The molecule has 1 aliphatic heterocycles. The fraction of sp³-hybridized carbons (Fsp3) is 0.500. The molecule has 0 saturated carbocycles. The topological polar surface area (TPSA) is 93.5 Å². The van der Waals surface area contributed by atoms with Crippen LogP contribution in [0.1, 0.15) is 0 Å². The minimum Gasteiger partial charge on any atom is -0.474 e. The van der Waals surface area contributed by atoms with Gasteiger partial charge in [0, 0.05) is 19.2 Å². The second-order valence-electron chi connectivity index (χ2n) is 3.98. The Hall–Kier alpha value is -1.93. The molecule has 3 rings (SSSR count). The van der Waals surface area contributed by atoms with E-state index < -0.39 is 0 Å². The molecule has 1 fully saturated rings. The van der Waals surface area contributed by atoms with Crippen LogP contribution in [0.3, 0.4) is 0 Å². The van der Waals surface area contributed by atoms with Crippen LogP contribution in [0.15, 0.2) is 16.9 Å². The number of nitrogens with zero attached hydrogens (tertiary/aromatic N) is 3. The largest absolute Gasteiger partial charge is 0.474 e. The average molecular weight is 251 g/mol. The highest BCUT2D eigenvalue weighted by Crippen LogP contribution is 2.07. The number of hydrogen-bond donors (Lipinski definition) is 2. The monoisotopic (exact) mass is 251 g/mol. The van der Waals surface area contributed by atoms with E-state index in [2.05, 4.69) is 20.6 Å². The van der Waals surface area contributed by atoms with Crippen LogP contribution in [0.4, 0.5) is 0 Å². The summed E-state index contributed by atoms with van der Waals surface area (Å²) in [5, 5.41) is 13.3. The lowest BCUT2D eigenvalue weighted by Gasteiger charge is -2.23. The smallest absolute Gasteiger partial charge is 0.364 e. The van der Waals surface area contributed by atoms with Crippen LogP contribution in [0.2, 0.25) is 0 Å². The molecule has 2 aromatic rings. The third-order valence-electron chi connectivity index (χ3n) is 2.67. The molecule has 8 nitrogen and oxygen atoms in total. The molecule has 0 aliphatic carbocycles. The summed E-state index contributed by atoms with van der Waals surface area (Å²) in [5.41, 5.74) is 0.0777. The Morgan fingerprint density at radius 1 is 1.56 bits per heavy atom. The van der Waals surface area contributed by atoms with Crippen molar-refractivity contribution in [1.29, 1.82) is 0 Å². The van der Waals surface area contributed by atoms with E-state index in [1.165, 1.54) is 0 Å². The van der Waals surface area contributed by atoms with Gasteiger partial charge in [0.15, 0.2) is 5.65 Å². The molecule has 18 heavy (non-hydrogen) atoms. The van der Waals surface area contributed by atoms with Crippen molar-refractivity contribution >= 4 is 5.65 Å². The highest BCUT2D eigenvalue weighted by molar-refractivity contribution is 5.35. The van der Waals surface area contributed by atoms with Crippen molar-refractivity contribution in [2.75, 3.05) is 26.3 Å². The van der Waals surface area contributed by atoms with E-state index in [1.54, 1.807) is 12.1 Å². The Bertz CT molecular complexity index is 586. The van der Waals surface area contributed by atoms with Crippen LogP contribution >= 0.6 is 0 Å². The molecule has 0 radical (unpaired) electrons. The molecule has 1 atom stereocenters. The molecule has 0 bridgehead atoms. The van der Waals surface area contributed by atoms with Crippen molar-refractivity contribution in [3.8, 4) is 5.88 Å². The normalized spacial score (nSPS) is 20.1. The van der Waals surface area contributed by atoms with Gasteiger partial charge in [-0.15, -0.1) is 5.10 Å². The van der Waals surface area contributed by atoms with Crippen molar-refractivity contribution in [3.05, 3.63) is 22.6 Å². The number of ether oxygens (including phenoxy) is 2. The van der Waals surface area contributed by atoms with Crippen LogP contribution in [0.25, 0.3) is 5.65 Å². The molecule has 1 unspecified atom stereocenters. The first-order chi connectivity index (χ1) is 8.83. The standard InChI is InChI=1S/C10H13N5O3/c16-10-13-12-8-1-2-9(14-15(8)10)18-6-7-5-11-3-4-17-7/h1-2,7,11H,3-6H2,(H,13,16). The second kappa shape index (κ2) is 4.75. The number of fused-ring (bicyclic) bond motifs is 1. The Kier molecular flexibility index (Phi) is 2.95. The molecule has 1 saturated heterocycles. The number of aromatic nitrogens is 4. The van der Waals surface area contributed by atoms with Gasteiger partial charge in [0.05, 0.1) is 6.61 Å². The van der Waals surface area contributed by atoms with Gasteiger partial charge < -0.3 is 14.8 Å². The predicted octanol–water partition coefficient (Wildman–Crippen LogP) is -1.22. The number of hydrogen-bond acceptors (Lipinski definition) is 6. The second-order valence-corrected chi connectivity index (χ2v) is 3.98. The van der Waals surface area contributed by atoms with Crippen LogP contribution in [-0.4, -0.2) is 52.2 Å². The number of rotatable bonds is 3. The maximum absolute atomic E-state index is 11.3. The number of nitrogens with one attached hydrogen (secondary N) is 2. The zero-order valence-electron chi connectivity index (χ0n) is 9.63. The summed E-state index contributed by atoms with van der Waals surface area (Å²) in [7, 11) is 0. The zero-order valence-corrected chi connectivity index (χ0v) is 9.63. The summed E-state index contributed by atoms with van der Waals surface area (Å²) in [6.07, 6.45) is 0.0114. The molecule has 96 valence electrons. The summed E-state index contributed by atoms with van der Waals surface area (Å²) < 4.78 is 12.2. The van der Waals surface area contributed by atoms with E-state index in [1.807, 2.05) is 0 Å². The lowest BCUT2D eigenvalue weighted by Crippen LogP contribution is -2.41. The summed E-state index contributed by atoms with van der Waals surface area (Å²) in [5.74, 6) is 0.375. The van der Waals surface area contributed by atoms with Crippen LogP contribution < -0.4 is 15.7 Å². The average Bonchev–Trinajstić information content (AvgIpc) is 2.79. The summed E-state index contributed by atoms with van der Waals surface area (Å²) >= 11 is 0. The Balaban J connectivity index is 1.70. The van der Waals surface area contributed by atoms with Crippen LogP contribution in [0, 0.1) is 0 Å². The molecule has 0 amide bonds. The van der Waals surface area contributed by atoms with Crippen molar-refractivity contribution in [2.24, 2.45) is 0 Å². The molecule has 8 heteroatoms. The number of aromatic amines is 1. The first-order valence-electron chi connectivity index (χ1n) is 5.72. The molecule has 2 N–H and O–H groups in total. The molecular formula is C10H13N5O3. The summed E-state index contributed by atoms with van der Waals surface area (Å²) in [6.45, 7) is 2.71. The van der Waals surface area contributed by atoms with Crippen molar-refractivity contribution < 1.29 is 9.47 Å². The molecular weight excluding hydrogens is 238 g/mol. The first-order valence-corrected chi connectivity index (χ1v) is 5.72. The molecule has 3 heterocycles. The van der Waals surface area contributed by atoms with Crippen LogP contribution in [0.5, 0.6) is 5.88 Å². The number of morpholine rings is 1. The van der Waals surface area contributed by atoms with Crippen molar-refractivity contribution in [1.82, 2.24) is 25.1 Å². The third kappa shape index (κ3) is 2.20. The van der Waals surface area contributed by atoms with E-state index in [0.717, 1.165) is 17.6 Å². The number of H-pyrrole nitrogens is 1. The minimum absolute atomic E-state index is 0.0114. The fourth-order valence-corrected chi connectivity index (χ4v) is 1.77. The van der Waals surface area contributed by atoms with Gasteiger partial charge in [-0.25, -0.2) is 9.89 Å². The fourth-order valence-electron chi connectivity index (χ4n) is 1.77.